The van der Waals surface area contributed by atoms with Crippen molar-refractivity contribution in [2.75, 3.05) is 31.6 Å². The molecule has 0 heterocycles. The summed E-state index contributed by atoms with van der Waals surface area (Å²) in [4.78, 5) is 26.3. The molecule has 0 bridgehead atoms. The first-order chi connectivity index (χ1) is 20.8. The van der Waals surface area contributed by atoms with Gasteiger partial charge in [0.25, 0.3) is 11.8 Å². The van der Waals surface area contributed by atoms with Gasteiger partial charge < -0.3 is 25.8 Å². The highest BCUT2D eigenvalue weighted by Gasteiger charge is 2.20. The van der Waals surface area contributed by atoms with Crippen LogP contribution in [0.25, 0.3) is 21.5 Å². The van der Waals surface area contributed by atoms with Crippen molar-refractivity contribution in [3.63, 3.8) is 0 Å². The van der Waals surface area contributed by atoms with E-state index in [9.17, 15) is 22.8 Å². The molecule has 4 N–H and O–H groups in total. The quantitative estimate of drug-likeness (QED) is 0.160. The van der Waals surface area contributed by atoms with Gasteiger partial charge in [0.1, 0.15) is 29.6 Å². The van der Waals surface area contributed by atoms with Crippen molar-refractivity contribution in [3.8, 4) is 11.5 Å². The Morgan fingerprint density at radius 2 is 1.16 bits per heavy atom. The molecule has 220 valence electrons. The number of carbonyl (C=O) groups excluding carboxylic acids is 2. The van der Waals surface area contributed by atoms with Gasteiger partial charge in [0.2, 0.25) is 0 Å². The summed E-state index contributed by atoms with van der Waals surface area (Å²) in [6.45, 7) is 0.856. The smallest absolute Gasteiger partial charge is 0.259 e. The summed E-state index contributed by atoms with van der Waals surface area (Å²) in [6, 6.07) is 22.4. The first kappa shape index (κ1) is 29.4. The van der Waals surface area contributed by atoms with E-state index in [1.807, 2.05) is 42.5 Å². The summed E-state index contributed by atoms with van der Waals surface area (Å²) in [7, 11) is 0. The zero-order valence-electron chi connectivity index (χ0n) is 23.0. The van der Waals surface area contributed by atoms with E-state index in [-0.39, 0.29) is 30.4 Å². The highest BCUT2D eigenvalue weighted by atomic mass is 19.1. The minimum Gasteiger partial charge on any atom is -0.493 e. The lowest BCUT2D eigenvalue weighted by molar-refractivity contribution is 0.0940. The number of benzene rings is 5. The summed E-state index contributed by atoms with van der Waals surface area (Å²) in [6.07, 6.45) is 0.629. The molecule has 0 aliphatic rings. The van der Waals surface area contributed by atoms with Gasteiger partial charge in [-0.2, -0.15) is 0 Å². The molecule has 7 nitrogen and oxygen atoms in total. The van der Waals surface area contributed by atoms with Crippen LogP contribution in [-0.2, 0) is 0 Å². The third kappa shape index (κ3) is 6.87. The molecule has 5 rings (SSSR count). The zero-order chi connectivity index (χ0) is 30.3. The van der Waals surface area contributed by atoms with Crippen molar-refractivity contribution < 1.29 is 32.2 Å². The van der Waals surface area contributed by atoms with Crippen LogP contribution in [0.1, 0.15) is 27.1 Å². The van der Waals surface area contributed by atoms with E-state index in [0.717, 1.165) is 16.2 Å². The van der Waals surface area contributed by atoms with Crippen LogP contribution < -0.4 is 25.8 Å². The molecule has 2 amide bonds. The third-order valence-electron chi connectivity index (χ3n) is 6.68. The maximum absolute atomic E-state index is 14.2. The monoisotopic (exact) mass is 587 g/mol. The maximum Gasteiger partial charge on any atom is 0.259 e. The molecular weight excluding hydrogens is 559 g/mol. The topological polar surface area (TPSA) is 103 Å². The average molecular weight is 588 g/mol. The maximum atomic E-state index is 14.2. The Morgan fingerprint density at radius 3 is 1.70 bits per heavy atom. The largest absolute Gasteiger partial charge is 0.493 e. The van der Waals surface area contributed by atoms with E-state index in [1.54, 1.807) is 24.3 Å². The number of anilines is 1. The zero-order valence-corrected chi connectivity index (χ0v) is 23.0. The van der Waals surface area contributed by atoms with Gasteiger partial charge >= 0.3 is 0 Å². The molecule has 0 unspecified atom stereocenters. The van der Waals surface area contributed by atoms with Gasteiger partial charge in [-0.3, -0.25) is 9.59 Å². The standard InChI is InChI=1S/C33H28F3N3O4/c34-24-18-27(35)31(28(36)19-24)39-33(41)26-15-21-7-2-4-9-23(21)17-30(26)43-13-11-38-32(40)25-14-20-6-1-3-8-22(20)16-29(25)42-12-5-10-37/h1-4,6-9,14-19H,5,10-13,37H2,(H,38,40)(H,39,41). The Kier molecular flexibility index (Phi) is 9.07. The second kappa shape index (κ2) is 13.3. The third-order valence-corrected chi connectivity index (χ3v) is 6.68. The number of fused-ring (bicyclic) bond motifs is 2. The van der Waals surface area contributed by atoms with Crippen molar-refractivity contribution in [3.05, 3.63) is 114 Å². The number of halogens is 3. The van der Waals surface area contributed by atoms with Crippen LogP contribution in [0.5, 0.6) is 11.5 Å². The van der Waals surface area contributed by atoms with Gasteiger partial charge in [0, 0.05) is 12.1 Å². The SMILES string of the molecule is NCCCOc1cc2ccccc2cc1C(=O)NCCOc1cc2ccccc2cc1C(=O)Nc1c(F)cc(F)cc1F. The number of amides is 2. The Bertz CT molecular complexity index is 1790. The van der Waals surface area contributed by atoms with E-state index >= 15 is 0 Å². The van der Waals surface area contributed by atoms with Gasteiger partial charge in [0.15, 0.2) is 11.6 Å². The van der Waals surface area contributed by atoms with Gasteiger partial charge in [-0.05, 0) is 58.8 Å². The summed E-state index contributed by atoms with van der Waals surface area (Å²) >= 11 is 0. The van der Waals surface area contributed by atoms with Gasteiger partial charge in [-0.1, -0.05) is 48.5 Å². The molecule has 0 aromatic heterocycles. The second-order valence-corrected chi connectivity index (χ2v) is 9.68. The van der Waals surface area contributed by atoms with Gasteiger partial charge in [0.05, 0.1) is 24.3 Å². The fourth-order valence-corrected chi connectivity index (χ4v) is 4.56. The Balaban J connectivity index is 1.32. The van der Waals surface area contributed by atoms with Crippen molar-refractivity contribution in [2.24, 2.45) is 5.73 Å². The van der Waals surface area contributed by atoms with E-state index < -0.39 is 29.0 Å². The second-order valence-electron chi connectivity index (χ2n) is 9.68. The highest BCUT2D eigenvalue weighted by Crippen LogP contribution is 2.29. The number of nitrogens with two attached hydrogens (primary N) is 1. The molecule has 0 saturated carbocycles. The Morgan fingerprint density at radius 1 is 0.674 bits per heavy atom. The molecule has 10 heteroatoms. The molecule has 0 aliphatic carbocycles. The molecule has 0 aliphatic heterocycles. The van der Waals surface area contributed by atoms with Crippen LogP contribution in [0.3, 0.4) is 0 Å². The summed E-state index contributed by atoms with van der Waals surface area (Å²) < 4.78 is 53.5. The summed E-state index contributed by atoms with van der Waals surface area (Å²) in [5.74, 6) is -4.29. The predicted octanol–water partition coefficient (Wildman–Crippen LogP) is 6.20. The van der Waals surface area contributed by atoms with E-state index in [1.165, 1.54) is 6.07 Å². The van der Waals surface area contributed by atoms with E-state index in [2.05, 4.69) is 10.6 Å². The predicted molar refractivity (Wildman–Crippen MR) is 159 cm³/mol. The normalized spacial score (nSPS) is 11.0. The number of carbonyl (C=O) groups is 2. The Hall–Kier alpha value is -5.09. The van der Waals surface area contributed by atoms with Gasteiger partial charge in [-0.25, -0.2) is 13.2 Å². The van der Waals surface area contributed by atoms with Crippen LogP contribution in [0, 0.1) is 17.5 Å². The molecule has 0 fully saturated rings. The lowest BCUT2D eigenvalue weighted by Crippen LogP contribution is -2.29. The lowest BCUT2D eigenvalue weighted by Gasteiger charge is -2.15. The molecule has 5 aromatic rings. The lowest BCUT2D eigenvalue weighted by atomic mass is 10.0. The number of nitrogens with one attached hydrogen (secondary N) is 2. The molecule has 0 spiro atoms. The number of rotatable bonds is 11. The average Bonchev–Trinajstić information content (AvgIpc) is 3.00. The van der Waals surface area contributed by atoms with Crippen LogP contribution in [0.2, 0.25) is 0 Å². The molecule has 0 saturated heterocycles. The minimum absolute atomic E-state index is 0.00160. The summed E-state index contributed by atoms with van der Waals surface area (Å²) in [5, 5.41) is 8.22. The van der Waals surface area contributed by atoms with E-state index in [4.69, 9.17) is 15.2 Å². The van der Waals surface area contributed by atoms with Crippen LogP contribution in [0.15, 0.2) is 84.9 Å². The summed E-state index contributed by atoms with van der Waals surface area (Å²) in [5.41, 5.74) is 5.15. The Labute approximate surface area is 245 Å². The molecule has 0 radical (unpaired) electrons. The first-order valence-electron chi connectivity index (χ1n) is 13.6. The van der Waals surface area contributed by atoms with Crippen LogP contribution in [0.4, 0.5) is 18.9 Å². The fraction of sp³-hybridized carbons (Fsp3) is 0.152. The fourth-order valence-electron chi connectivity index (χ4n) is 4.56. The highest BCUT2D eigenvalue weighted by molar-refractivity contribution is 6.09. The molecule has 5 aromatic carbocycles. The van der Waals surface area contributed by atoms with Crippen molar-refractivity contribution in [2.45, 2.75) is 6.42 Å². The molecular formula is C33H28F3N3O4. The molecule has 0 atom stereocenters. The molecule has 43 heavy (non-hydrogen) atoms. The van der Waals surface area contributed by atoms with Crippen molar-refractivity contribution in [1.82, 2.24) is 5.32 Å². The number of hydrogen-bond donors (Lipinski definition) is 3. The van der Waals surface area contributed by atoms with Crippen LogP contribution in [-0.4, -0.2) is 38.1 Å². The van der Waals surface area contributed by atoms with E-state index in [0.29, 0.717) is 48.4 Å². The first-order valence-corrected chi connectivity index (χ1v) is 13.6. The number of hydrogen-bond acceptors (Lipinski definition) is 5. The van der Waals surface area contributed by atoms with Crippen molar-refractivity contribution in [1.29, 1.82) is 0 Å². The van der Waals surface area contributed by atoms with Gasteiger partial charge in [-0.15, -0.1) is 0 Å². The van der Waals surface area contributed by atoms with Crippen molar-refractivity contribution >= 4 is 39.0 Å². The number of ether oxygens (including phenoxy) is 2. The van der Waals surface area contributed by atoms with Crippen LogP contribution >= 0.6 is 0 Å². The minimum atomic E-state index is -1.25.